The van der Waals surface area contributed by atoms with Crippen molar-refractivity contribution in [1.29, 1.82) is 0 Å². The number of aromatic nitrogens is 3. The first-order chi connectivity index (χ1) is 9.16. The summed E-state index contributed by atoms with van der Waals surface area (Å²) in [5.74, 6) is 0.0709. The van der Waals surface area contributed by atoms with Crippen molar-refractivity contribution in [1.82, 2.24) is 25.2 Å². The maximum Gasteiger partial charge on any atom is 0.254 e. The Morgan fingerprint density at radius 1 is 1.47 bits per heavy atom. The van der Waals surface area contributed by atoms with Crippen molar-refractivity contribution in [3.8, 4) is 0 Å². The standard InChI is InChI=1S/C13H17N5O/c1-9-8-14-5-6-18(9)13(19)10-3-4-12-11(7-10)15-16-17(12)2/h3-4,7,9,14H,5-6,8H2,1-2H3/t9-/m1/s1. The fourth-order valence-electron chi connectivity index (χ4n) is 2.48. The van der Waals surface area contributed by atoms with Gasteiger partial charge >= 0.3 is 0 Å². The number of hydrogen-bond acceptors (Lipinski definition) is 4. The molecule has 0 unspecified atom stereocenters. The van der Waals surface area contributed by atoms with Crippen LogP contribution in [0.25, 0.3) is 11.0 Å². The number of carbonyl (C=O) groups is 1. The molecule has 2 heterocycles. The number of aryl methyl sites for hydroxylation is 1. The van der Waals surface area contributed by atoms with E-state index in [1.54, 1.807) is 4.68 Å². The third kappa shape index (κ3) is 2.08. The van der Waals surface area contributed by atoms with Crippen molar-refractivity contribution in [3.63, 3.8) is 0 Å². The molecule has 19 heavy (non-hydrogen) atoms. The molecule has 6 nitrogen and oxygen atoms in total. The number of hydrogen-bond donors (Lipinski definition) is 1. The molecule has 0 bridgehead atoms. The SMILES string of the molecule is C[C@@H]1CNCCN1C(=O)c1ccc2c(c1)nnn2C. The zero-order valence-corrected chi connectivity index (χ0v) is 11.1. The van der Waals surface area contributed by atoms with E-state index in [0.29, 0.717) is 5.56 Å². The van der Waals surface area contributed by atoms with Crippen LogP contribution in [0.1, 0.15) is 17.3 Å². The van der Waals surface area contributed by atoms with Gasteiger partial charge in [0.15, 0.2) is 0 Å². The van der Waals surface area contributed by atoms with Gasteiger partial charge in [-0.2, -0.15) is 0 Å². The van der Waals surface area contributed by atoms with Crippen LogP contribution in [0, 0.1) is 0 Å². The van der Waals surface area contributed by atoms with E-state index in [9.17, 15) is 4.79 Å². The van der Waals surface area contributed by atoms with Crippen molar-refractivity contribution < 1.29 is 4.79 Å². The lowest BCUT2D eigenvalue weighted by atomic mass is 10.1. The van der Waals surface area contributed by atoms with Crippen LogP contribution < -0.4 is 5.32 Å². The molecule has 6 heteroatoms. The smallest absolute Gasteiger partial charge is 0.254 e. The number of rotatable bonds is 1. The van der Waals surface area contributed by atoms with Gasteiger partial charge in [-0.3, -0.25) is 4.79 Å². The zero-order valence-electron chi connectivity index (χ0n) is 11.1. The lowest BCUT2D eigenvalue weighted by molar-refractivity contribution is 0.0656. The third-order valence-corrected chi connectivity index (χ3v) is 3.62. The average Bonchev–Trinajstić information content (AvgIpc) is 2.80. The largest absolute Gasteiger partial charge is 0.333 e. The molecule has 100 valence electrons. The van der Waals surface area contributed by atoms with Gasteiger partial charge in [-0.15, -0.1) is 5.10 Å². The van der Waals surface area contributed by atoms with Gasteiger partial charge in [0.2, 0.25) is 0 Å². The second kappa shape index (κ2) is 4.62. The van der Waals surface area contributed by atoms with E-state index in [4.69, 9.17) is 0 Å². The molecule has 1 aliphatic rings. The number of nitrogens with zero attached hydrogens (tertiary/aromatic N) is 4. The van der Waals surface area contributed by atoms with Crippen LogP contribution in [0.4, 0.5) is 0 Å². The molecule has 1 aromatic heterocycles. The van der Waals surface area contributed by atoms with E-state index in [0.717, 1.165) is 30.7 Å². The Morgan fingerprint density at radius 3 is 3.11 bits per heavy atom. The third-order valence-electron chi connectivity index (χ3n) is 3.62. The molecular weight excluding hydrogens is 242 g/mol. The highest BCUT2D eigenvalue weighted by molar-refractivity contribution is 5.97. The molecular formula is C13H17N5O. The molecule has 1 amide bonds. The number of nitrogens with one attached hydrogen (secondary N) is 1. The molecule has 0 saturated carbocycles. The molecule has 0 spiro atoms. The molecule has 0 aliphatic carbocycles. The van der Waals surface area contributed by atoms with E-state index >= 15 is 0 Å². The van der Waals surface area contributed by atoms with Crippen LogP contribution in [0.5, 0.6) is 0 Å². The number of fused-ring (bicyclic) bond motifs is 1. The molecule has 3 rings (SSSR count). The normalized spacial score (nSPS) is 19.9. The minimum Gasteiger partial charge on any atom is -0.333 e. The number of carbonyl (C=O) groups excluding carboxylic acids is 1. The Kier molecular flexibility index (Phi) is 2.94. The zero-order chi connectivity index (χ0) is 13.4. The second-order valence-corrected chi connectivity index (χ2v) is 4.97. The van der Waals surface area contributed by atoms with Gasteiger partial charge in [0, 0.05) is 38.3 Å². The highest BCUT2D eigenvalue weighted by Gasteiger charge is 2.24. The highest BCUT2D eigenvalue weighted by Crippen LogP contribution is 2.16. The number of amides is 1. The second-order valence-electron chi connectivity index (χ2n) is 4.97. The van der Waals surface area contributed by atoms with Crippen molar-refractivity contribution in [2.24, 2.45) is 7.05 Å². The summed E-state index contributed by atoms with van der Waals surface area (Å²) in [4.78, 5) is 14.4. The number of benzene rings is 1. The molecule has 1 saturated heterocycles. The molecule has 1 aromatic carbocycles. The fraction of sp³-hybridized carbons (Fsp3) is 0.462. The Morgan fingerprint density at radius 2 is 2.32 bits per heavy atom. The summed E-state index contributed by atoms with van der Waals surface area (Å²) >= 11 is 0. The molecule has 1 N–H and O–H groups in total. The molecule has 0 radical (unpaired) electrons. The van der Waals surface area contributed by atoms with E-state index in [-0.39, 0.29) is 11.9 Å². The summed E-state index contributed by atoms with van der Waals surface area (Å²) < 4.78 is 1.71. The predicted octanol–water partition coefficient (Wildman–Crippen LogP) is 0.402. The van der Waals surface area contributed by atoms with E-state index in [1.807, 2.05) is 30.1 Å². The van der Waals surface area contributed by atoms with Crippen molar-refractivity contribution in [2.75, 3.05) is 19.6 Å². The van der Waals surface area contributed by atoms with Crippen LogP contribution in [0.3, 0.4) is 0 Å². The Labute approximate surface area is 111 Å². The van der Waals surface area contributed by atoms with E-state index in [2.05, 4.69) is 22.6 Å². The lowest BCUT2D eigenvalue weighted by Crippen LogP contribution is -2.52. The summed E-state index contributed by atoms with van der Waals surface area (Å²) in [6.45, 7) is 4.51. The van der Waals surface area contributed by atoms with Gasteiger partial charge in [0.1, 0.15) is 5.52 Å². The van der Waals surface area contributed by atoms with Crippen molar-refractivity contribution in [2.45, 2.75) is 13.0 Å². The van der Waals surface area contributed by atoms with Gasteiger partial charge < -0.3 is 10.2 Å². The van der Waals surface area contributed by atoms with Crippen LogP contribution in [-0.4, -0.2) is 51.5 Å². The summed E-state index contributed by atoms with van der Waals surface area (Å²) in [7, 11) is 1.84. The predicted molar refractivity (Wildman–Crippen MR) is 71.9 cm³/mol. The quantitative estimate of drug-likeness (QED) is 0.805. The molecule has 1 aliphatic heterocycles. The van der Waals surface area contributed by atoms with E-state index in [1.165, 1.54) is 0 Å². The maximum absolute atomic E-state index is 12.5. The molecule has 2 aromatic rings. The minimum absolute atomic E-state index is 0.0709. The fourth-order valence-corrected chi connectivity index (χ4v) is 2.48. The Hall–Kier alpha value is -1.95. The van der Waals surface area contributed by atoms with Crippen LogP contribution in [0.15, 0.2) is 18.2 Å². The van der Waals surface area contributed by atoms with Gasteiger partial charge in [-0.1, -0.05) is 5.21 Å². The molecule has 1 atom stereocenters. The Balaban J connectivity index is 1.92. The highest BCUT2D eigenvalue weighted by atomic mass is 16.2. The van der Waals surface area contributed by atoms with Gasteiger partial charge in [-0.05, 0) is 25.1 Å². The monoisotopic (exact) mass is 259 g/mol. The first-order valence-electron chi connectivity index (χ1n) is 6.48. The summed E-state index contributed by atoms with van der Waals surface area (Å²) in [6.07, 6.45) is 0. The lowest BCUT2D eigenvalue weighted by Gasteiger charge is -2.34. The van der Waals surface area contributed by atoms with Gasteiger partial charge in [0.05, 0.1) is 5.52 Å². The van der Waals surface area contributed by atoms with Crippen molar-refractivity contribution in [3.05, 3.63) is 23.8 Å². The van der Waals surface area contributed by atoms with Gasteiger partial charge in [-0.25, -0.2) is 4.68 Å². The Bertz CT molecular complexity index is 621. The first-order valence-corrected chi connectivity index (χ1v) is 6.48. The number of piperazine rings is 1. The van der Waals surface area contributed by atoms with Crippen LogP contribution >= 0.6 is 0 Å². The van der Waals surface area contributed by atoms with E-state index < -0.39 is 0 Å². The summed E-state index contributed by atoms with van der Waals surface area (Å²) in [5.41, 5.74) is 2.38. The summed E-state index contributed by atoms with van der Waals surface area (Å²) in [5, 5.41) is 11.3. The average molecular weight is 259 g/mol. The van der Waals surface area contributed by atoms with Crippen molar-refractivity contribution >= 4 is 16.9 Å². The maximum atomic E-state index is 12.5. The topological polar surface area (TPSA) is 63.1 Å². The van der Waals surface area contributed by atoms with Crippen LogP contribution in [-0.2, 0) is 7.05 Å². The minimum atomic E-state index is 0.0709. The van der Waals surface area contributed by atoms with Crippen LogP contribution in [0.2, 0.25) is 0 Å². The summed E-state index contributed by atoms with van der Waals surface area (Å²) in [6, 6.07) is 5.79. The van der Waals surface area contributed by atoms with Gasteiger partial charge in [0.25, 0.3) is 5.91 Å². The molecule has 1 fully saturated rings. The first kappa shape index (κ1) is 12.1.